The second-order valence-electron chi connectivity index (χ2n) is 4.84. The summed E-state index contributed by atoms with van der Waals surface area (Å²) in [4.78, 5) is 11.2. The van der Waals surface area contributed by atoms with Crippen LogP contribution < -0.4 is 10.2 Å². The highest BCUT2D eigenvalue weighted by Gasteiger charge is 2.46. The van der Waals surface area contributed by atoms with Crippen LogP contribution in [0.25, 0.3) is 0 Å². The van der Waals surface area contributed by atoms with Gasteiger partial charge in [0, 0.05) is 13.0 Å². The summed E-state index contributed by atoms with van der Waals surface area (Å²) in [7, 11) is 0. The zero-order chi connectivity index (χ0) is 15.5. The number of hydrogen-bond acceptors (Lipinski definition) is 3. The third-order valence-corrected chi connectivity index (χ3v) is 3.12. The van der Waals surface area contributed by atoms with Gasteiger partial charge in [-0.15, -0.1) is 0 Å². The van der Waals surface area contributed by atoms with Gasteiger partial charge in [-0.2, -0.15) is 13.2 Å². The summed E-state index contributed by atoms with van der Waals surface area (Å²) >= 11 is 0. The van der Waals surface area contributed by atoms with Crippen LogP contribution in [0.15, 0.2) is 24.3 Å². The van der Waals surface area contributed by atoms with Crippen molar-refractivity contribution in [3.05, 3.63) is 29.8 Å². The maximum absolute atomic E-state index is 13.3. The molecule has 1 saturated heterocycles. The first kappa shape index (κ1) is 15.6. The Balaban J connectivity index is 2.26. The van der Waals surface area contributed by atoms with Crippen molar-refractivity contribution in [1.29, 1.82) is 0 Å². The number of nitrogens with one attached hydrogen (secondary N) is 1. The summed E-state index contributed by atoms with van der Waals surface area (Å²) in [5, 5.41) is 0.932. The molecule has 2 rings (SSSR count). The normalized spacial score (nSPS) is 17.6. The Morgan fingerprint density at radius 1 is 1.43 bits per heavy atom. The first-order chi connectivity index (χ1) is 9.91. The topological polar surface area (TPSA) is 41.6 Å². The zero-order valence-corrected chi connectivity index (χ0v) is 11.6. The molecule has 4 nitrogen and oxygen atoms in total. The summed E-state index contributed by atoms with van der Waals surface area (Å²) in [6.45, 7) is 2.39. The summed E-state index contributed by atoms with van der Waals surface area (Å²) in [6.07, 6.45) is -3.64. The van der Waals surface area contributed by atoms with Crippen LogP contribution in [-0.4, -0.2) is 30.2 Å². The van der Waals surface area contributed by atoms with Gasteiger partial charge in [-0.05, 0) is 24.1 Å². The Kier molecular flexibility index (Phi) is 4.72. The van der Waals surface area contributed by atoms with E-state index in [9.17, 15) is 18.0 Å². The van der Waals surface area contributed by atoms with Gasteiger partial charge in [0.15, 0.2) is 0 Å². The number of hydrazine groups is 1. The molecule has 7 heteroatoms. The molecule has 0 aliphatic carbocycles. The number of carbonyl (C=O) groups is 1. The van der Waals surface area contributed by atoms with Crippen molar-refractivity contribution in [3.63, 3.8) is 0 Å². The van der Waals surface area contributed by atoms with Gasteiger partial charge in [-0.1, -0.05) is 19.1 Å². The number of nitrogens with zero attached hydrogens (tertiary/aromatic N) is 1. The molecule has 1 amide bonds. The van der Waals surface area contributed by atoms with Crippen LogP contribution in [0.4, 0.5) is 13.2 Å². The maximum atomic E-state index is 13.3. The van der Waals surface area contributed by atoms with Crippen LogP contribution in [0.1, 0.15) is 31.4 Å². The second kappa shape index (κ2) is 6.34. The standard InChI is InChI=1S/C14H17F3N2O2/c1-2-8-21-11-5-3-4-10(9-11)13(14(15,16)17)19-7-6-12(20)18-19/h3-5,9,13H,2,6-8H2,1H3,(H,18,20)/t13-/m0/s1. The van der Waals surface area contributed by atoms with Crippen molar-refractivity contribution in [1.82, 2.24) is 10.4 Å². The molecule has 1 fully saturated rings. The molecule has 0 bridgehead atoms. The van der Waals surface area contributed by atoms with E-state index in [1.165, 1.54) is 18.2 Å². The third kappa shape index (κ3) is 3.87. The van der Waals surface area contributed by atoms with E-state index in [0.717, 1.165) is 11.4 Å². The van der Waals surface area contributed by atoms with Crippen LogP contribution in [0, 0.1) is 0 Å². The summed E-state index contributed by atoms with van der Waals surface area (Å²) < 4.78 is 45.4. The fourth-order valence-electron chi connectivity index (χ4n) is 2.23. The zero-order valence-electron chi connectivity index (χ0n) is 11.6. The van der Waals surface area contributed by atoms with Crippen molar-refractivity contribution in [2.75, 3.05) is 13.2 Å². The van der Waals surface area contributed by atoms with Crippen molar-refractivity contribution >= 4 is 5.91 Å². The van der Waals surface area contributed by atoms with E-state index < -0.39 is 18.1 Å². The van der Waals surface area contributed by atoms with Gasteiger partial charge in [0.05, 0.1) is 6.61 Å². The minimum absolute atomic E-state index is 0.0308. The fraction of sp³-hybridized carbons (Fsp3) is 0.500. The molecule has 1 N–H and O–H groups in total. The minimum atomic E-state index is -4.49. The third-order valence-electron chi connectivity index (χ3n) is 3.12. The van der Waals surface area contributed by atoms with Gasteiger partial charge in [-0.25, -0.2) is 5.01 Å². The van der Waals surface area contributed by atoms with Gasteiger partial charge < -0.3 is 4.74 Å². The fourth-order valence-corrected chi connectivity index (χ4v) is 2.23. The highest BCUT2D eigenvalue weighted by molar-refractivity contribution is 5.77. The van der Waals surface area contributed by atoms with E-state index in [0.29, 0.717) is 12.4 Å². The number of ether oxygens (including phenoxy) is 1. The quantitative estimate of drug-likeness (QED) is 0.909. The molecule has 21 heavy (non-hydrogen) atoms. The first-order valence-electron chi connectivity index (χ1n) is 6.77. The van der Waals surface area contributed by atoms with Crippen LogP contribution in [0.3, 0.4) is 0 Å². The molecule has 1 aliphatic rings. The molecule has 1 aromatic rings. The molecular weight excluding hydrogens is 285 g/mol. The monoisotopic (exact) mass is 302 g/mol. The summed E-state index contributed by atoms with van der Waals surface area (Å²) in [5.41, 5.74) is 2.31. The van der Waals surface area contributed by atoms with Crippen molar-refractivity contribution in [3.8, 4) is 5.75 Å². The smallest absolute Gasteiger partial charge is 0.409 e. The van der Waals surface area contributed by atoms with Gasteiger partial charge in [0.2, 0.25) is 5.91 Å². The average molecular weight is 302 g/mol. The maximum Gasteiger partial charge on any atom is 0.409 e. The Hall–Kier alpha value is -1.76. The molecule has 1 heterocycles. The summed E-state index contributed by atoms with van der Waals surface area (Å²) in [6, 6.07) is 4.04. The highest BCUT2D eigenvalue weighted by atomic mass is 19.4. The summed E-state index contributed by atoms with van der Waals surface area (Å²) in [5.74, 6) is -0.00300. The van der Waals surface area contributed by atoms with Crippen LogP contribution in [0.5, 0.6) is 5.75 Å². The first-order valence-corrected chi connectivity index (χ1v) is 6.77. The number of hydrogen-bond donors (Lipinski definition) is 1. The number of rotatable bonds is 5. The molecule has 116 valence electrons. The number of halogens is 3. The largest absolute Gasteiger partial charge is 0.494 e. The predicted molar refractivity (Wildman–Crippen MR) is 70.5 cm³/mol. The van der Waals surface area contributed by atoms with E-state index in [1.54, 1.807) is 6.07 Å². The van der Waals surface area contributed by atoms with E-state index in [4.69, 9.17) is 4.74 Å². The molecular formula is C14H17F3N2O2. The Morgan fingerprint density at radius 2 is 2.19 bits per heavy atom. The second-order valence-corrected chi connectivity index (χ2v) is 4.84. The lowest BCUT2D eigenvalue weighted by Gasteiger charge is -2.29. The van der Waals surface area contributed by atoms with E-state index in [-0.39, 0.29) is 18.5 Å². The molecule has 1 atom stereocenters. The highest BCUT2D eigenvalue weighted by Crippen LogP contribution is 2.38. The lowest BCUT2D eigenvalue weighted by Crippen LogP contribution is -2.43. The molecule has 0 spiro atoms. The Morgan fingerprint density at radius 3 is 2.76 bits per heavy atom. The van der Waals surface area contributed by atoms with Gasteiger partial charge in [0.25, 0.3) is 0 Å². The molecule has 1 aliphatic heterocycles. The molecule has 0 saturated carbocycles. The van der Waals surface area contributed by atoms with Gasteiger partial charge in [-0.3, -0.25) is 10.2 Å². The van der Waals surface area contributed by atoms with E-state index in [2.05, 4.69) is 5.43 Å². The van der Waals surface area contributed by atoms with E-state index >= 15 is 0 Å². The Labute approximate surface area is 120 Å². The molecule has 0 radical (unpaired) electrons. The molecule has 0 unspecified atom stereocenters. The van der Waals surface area contributed by atoms with Crippen molar-refractivity contribution in [2.45, 2.75) is 32.0 Å². The lowest BCUT2D eigenvalue weighted by molar-refractivity contribution is -0.191. The minimum Gasteiger partial charge on any atom is -0.494 e. The SMILES string of the molecule is CCCOc1cccc([C@H](N2CCC(=O)N2)C(F)(F)F)c1. The Bertz CT molecular complexity index is 505. The van der Waals surface area contributed by atoms with Gasteiger partial charge >= 0.3 is 6.18 Å². The average Bonchev–Trinajstić information content (AvgIpc) is 2.81. The van der Waals surface area contributed by atoms with Crippen LogP contribution >= 0.6 is 0 Å². The number of amides is 1. The molecule has 0 aromatic heterocycles. The van der Waals surface area contributed by atoms with Crippen molar-refractivity contribution < 1.29 is 22.7 Å². The number of benzene rings is 1. The number of alkyl halides is 3. The number of carbonyl (C=O) groups excluding carboxylic acids is 1. The molecule has 1 aromatic carbocycles. The van der Waals surface area contributed by atoms with Crippen LogP contribution in [0.2, 0.25) is 0 Å². The van der Waals surface area contributed by atoms with Crippen LogP contribution in [-0.2, 0) is 4.79 Å². The van der Waals surface area contributed by atoms with Gasteiger partial charge in [0.1, 0.15) is 11.8 Å². The van der Waals surface area contributed by atoms with Crippen molar-refractivity contribution in [2.24, 2.45) is 0 Å². The predicted octanol–water partition coefficient (Wildman–Crippen LogP) is 2.82. The lowest BCUT2D eigenvalue weighted by atomic mass is 10.1. The van der Waals surface area contributed by atoms with E-state index in [1.807, 2.05) is 6.92 Å².